The van der Waals surface area contributed by atoms with E-state index in [-0.39, 0.29) is 16.2 Å². The van der Waals surface area contributed by atoms with E-state index in [0.717, 1.165) is 11.3 Å². The molecule has 0 spiro atoms. The van der Waals surface area contributed by atoms with Crippen LogP contribution in [0.3, 0.4) is 0 Å². The van der Waals surface area contributed by atoms with Crippen molar-refractivity contribution in [2.45, 2.75) is 97.8 Å². The molecule has 0 fully saturated rings. The van der Waals surface area contributed by atoms with Gasteiger partial charge in [-0.3, -0.25) is 4.98 Å². The Labute approximate surface area is 236 Å². The SMILES string of the molecule is CC(C)(C)c1coc2c1CCC2.CC(C)(C)c1csc2cnccc12.CC(C)(C)c1csc2ncccc12. The summed E-state index contributed by atoms with van der Waals surface area (Å²) in [4.78, 5) is 9.60. The van der Waals surface area contributed by atoms with Crippen molar-refractivity contribution in [2.24, 2.45) is 0 Å². The second-order valence-corrected chi connectivity index (χ2v) is 15.0. The van der Waals surface area contributed by atoms with E-state index in [1.54, 1.807) is 22.7 Å². The molecule has 38 heavy (non-hydrogen) atoms. The van der Waals surface area contributed by atoms with Crippen LogP contribution in [0.25, 0.3) is 20.3 Å². The molecular formula is C33H42N2OS2. The maximum Gasteiger partial charge on any atom is 0.123 e. The van der Waals surface area contributed by atoms with Crippen LogP contribution in [0, 0.1) is 0 Å². The third-order valence-corrected chi connectivity index (χ3v) is 8.80. The molecule has 0 amide bonds. The Bertz CT molecular complexity index is 1420. The number of thiophene rings is 2. The number of rotatable bonds is 0. The van der Waals surface area contributed by atoms with Crippen LogP contribution in [0.4, 0.5) is 0 Å². The second kappa shape index (κ2) is 10.9. The molecule has 5 heterocycles. The smallest absolute Gasteiger partial charge is 0.123 e. The second-order valence-electron chi connectivity index (χ2n) is 13.2. The highest BCUT2D eigenvalue weighted by atomic mass is 32.1. The van der Waals surface area contributed by atoms with E-state index in [2.05, 4.69) is 95.2 Å². The predicted molar refractivity (Wildman–Crippen MR) is 166 cm³/mol. The lowest BCUT2D eigenvalue weighted by molar-refractivity contribution is 0.499. The largest absolute Gasteiger partial charge is 0.469 e. The van der Waals surface area contributed by atoms with Crippen LogP contribution in [0.5, 0.6) is 0 Å². The lowest BCUT2D eigenvalue weighted by Crippen LogP contribution is -2.11. The van der Waals surface area contributed by atoms with Crippen molar-refractivity contribution < 1.29 is 4.42 Å². The van der Waals surface area contributed by atoms with Gasteiger partial charge in [-0.15, -0.1) is 22.7 Å². The zero-order valence-electron chi connectivity index (χ0n) is 24.4. The quantitative estimate of drug-likeness (QED) is 0.194. The first-order valence-electron chi connectivity index (χ1n) is 13.5. The molecule has 5 heteroatoms. The van der Waals surface area contributed by atoms with E-state index in [1.165, 1.54) is 56.3 Å². The Hall–Kier alpha value is -2.50. The summed E-state index contributed by atoms with van der Waals surface area (Å²) >= 11 is 3.51. The van der Waals surface area contributed by atoms with E-state index in [9.17, 15) is 0 Å². The maximum absolute atomic E-state index is 5.53. The number of hydrogen-bond acceptors (Lipinski definition) is 5. The van der Waals surface area contributed by atoms with Crippen molar-refractivity contribution in [2.75, 3.05) is 0 Å². The van der Waals surface area contributed by atoms with Gasteiger partial charge in [-0.05, 0) is 79.6 Å². The van der Waals surface area contributed by atoms with Gasteiger partial charge in [0.25, 0.3) is 0 Å². The molecule has 0 aromatic carbocycles. The minimum absolute atomic E-state index is 0.223. The summed E-state index contributed by atoms with van der Waals surface area (Å²) in [5, 5.41) is 7.12. The monoisotopic (exact) mass is 546 g/mol. The van der Waals surface area contributed by atoms with Crippen LogP contribution in [-0.4, -0.2) is 9.97 Å². The van der Waals surface area contributed by atoms with E-state index < -0.39 is 0 Å². The average molecular weight is 547 g/mol. The third kappa shape index (κ3) is 6.38. The molecule has 0 atom stereocenters. The number of nitrogens with zero attached hydrogens (tertiary/aromatic N) is 2. The van der Waals surface area contributed by atoms with Gasteiger partial charge >= 0.3 is 0 Å². The highest BCUT2D eigenvalue weighted by molar-refractivity contribution is 7.17. The van der Waals surface area contributed by atoms with Gasteiger partial charge in [0, 0.05) is 30.4 Å². The summed E-state index contributed by atoms with van der Waals surface area (Å²) in [6.45, 7) is 20.2. The van der Waals surface area contributed by atoms with Gasteiger partial charge < -0.3 is 4.42 Å². The first-order valence-corrected chi connectivity index (χ1v) is 15.3. The lowest BCUT2D eigenvalue weighted by Gasteiger charge is -2.17. The molecule has 1 aliphatic rings. The summed E-state index contributed by atoms with van der Waals surface area (Å²) < 4.78 is 6.82. The third-order valence-electron chi connectivity index (χ3n) is 6.96. The Kier molecular flexibility index (Phi) is 8.20. The van der Waals surface area contributed by atoms with Gasteiger partial charge in [0.05, 0.1) is 11.0 Å². The summed E-state index contributed by atoms with van der Waals surface area (Å²) in [7, 11) is 0. The number of furan rings is 1. The molecule has 0 N–H and O–H groups in total. The zero-order chi connectivity index (χ0) is 27.7. The van der Waals surface area contributed by atoms with E-state index in [4.69, 9.17) is 4.42 Å². The van der Waals surface area contributed by atoms with Crippen molar-refractivity contribution in [3.63, 3.8) is 0 Å². The van der Waals surface area contributed by atoms with Gasteiger partial charge in [-0.2, -0.15) is 0 Å². The Morgan fingerprint density at radius 1 is 0.737 bits per heavy atom. The van der Waals surface area contributed by atoms with Gasteiger partial charge in [0.15, 0.2) is 0 Å². The molecule has 5 aromatic heterocycles. The van der Waals surface area contributed by atoms with Gasteiger partial charge in [0.1, 0.15) is 10.6 Å². The van der Waals surface area contributed by atoms with Crippen molar-refractivity contribution in [3.8, 4) is 0 Å². The molecular weight excluding hydrogens is 505 g/mol. The van der Waals surface area contributed by atoms with Gasteiger partial charge in [-0.1, -0.05) is 68.4 Å². The fourth-order valence-electron chi connectivity index (χ4n) is 4.87. The van der Waals surface area contributed by atoms with E-state index in [0.29, 0.717) is 0 Å². The van der Waals surface area contributed by atoms with E-state index in [1.807, 2.05) is 30.9 Å². The van der Waals surface area contributed by atoms with Gasteiger partial charge in [0.2, 0.25) is 0 Å². The van der Waals surface area contributed by atoms with Crippen LogP contribution < -0.4 is 0 Å². The number of hydrogen-bond donors (Lipinski definition) is 0. The molecule has 0 radical (unpaired) electrons. The summed E-state index contributed by atoms with van der Waals surface area (Å²) in [6, 6.07) is 6.26. The first kappa shape index (κ1) is 28.5. The lowest BCUT2D eigenvalue weighted by atomic mass is 9.86. The number of pyridine rings is 2. The number of fused-ring (bicyclic) bond motifs is 3. The molecule has 0 saturated heterocycles. The molecule has 0 aliphatic heterocycles. The van der Waals surface area contributed by atoms with Crippen LogP contribution in [0.2, 0.25) is 0 Å². The Morgan fingerprint density at radius 3 is 2.08 bits per heavy atom. The minimum atomic E-state index is 0.223. The topological polar surface area (TPSA) is 38.9 Å². The highest BCUT2D eigenvalue weighted by Gasteiger charge is 2.26. The average Bonchev–Trinajstić information content (AvgIpc) is 3.60. The van der Waals surface area contributed by atoms with Crippen molar-refractivity contribution in [1.82, 2.24) is 9.97 Å². The molecule has 5 aromatic rings. The predicted octanol–water partition coefficient (Wildman–Crippen LogP) is 10.3. The standard InChI is InChI=1S/2C11H13NS.C11H16O/c1-11(2,3)9-7-13-10-6-12-5-4-8(9)10;1-11(2,3)9-7-13-10-8(9)5-4-6-12-10;1-11(2,3)9-7-12-10-6-4-5-8(9)10/h2*4-7H,1-3H3;7H,4-6H2,1-3H3. The number of aryl methyl sites for hydroxylation is 1. The van der Waals surface area contributed by atoms with Crippen LogP contribution >= 0.6 is 22.7 Å². The van der Waals surface area contributed by atoms with Gasteiger partial charge in [-0.25, -0.2) is 4.98 Å². The molecule has 6 rings (SSSR count). The van der Waals surface area contributed by atoms with Crippen LogP contribution in [0.1, 0.15) is 96.7 Å². The molecule has 3 nitrogen and oxygen atoms in total. The molecule has 0 bridgehead atoms. The first-order chi connectivity index (χ1) is 17.8. The van der Waals surface area contributed by atoms with Crippen molar-refractivity contribution in [1.29, 1.82) is 0 Å². The minimum Gasteiger partial charge on any atom is -0.469 e. The Morgan fingerprint density at radius 2 is 1.39 bits per heavy atom. The number of aromatic nitrogens is 2. The van der Waals surface area contributed by atoms with Crippen LogP contribution in [0.15, 0.2) is 58.2 Å². The zero-order valence-corrected chi connectivity index (χ0v) is 26.1. The van der Waals surface area contributed by atoms with Crippen molar-refractivity contribution in [3.05, 3.63) is 81.8 Å². The highest BCUT2D eigenvalue weighted by Crippen LogP contribution is 2.35. The molecule has 0 unspecified atom stereocenters. The maximum atomic E-state index is 5.53. The fourth-order valence-corrected chi connectivity index (χ4v) is 7.16. The summed E-state index contributed by atoms with van der Waals surface area (Å²) in [6.07, 6.45) is 11.2. The summed E-state index contributed by atoms with van der Waals surface area (Å²) in [5.74, 6) is 1.24. The van der Waals surface area contributed by atoms with Crippen LogP contribution in [-0.2, 0) is 29.1 Å². The normalized spacial score (nSPS) is 13.6. The Balaban J connectivity index is 0.000000133. The molecule has 1 aliphatic carbocycles. The van der Waals surface area contributed by atoms with E-state index >= 15 is 0 Å². The summed E-state index contributed by atoms with van der Waals surface area (Å²) in [5.41, 5.74) is 6.44. The molecule has 202 valence electrons. The molecule has 0 saturated carbocycles. The fraction of sp³-hybridized carbons (Fsp3) is 0.455. The van der Waals surface area contributed by atoms with Crippen molar-refractivity contribution >= 4 is 43.0 Å².